The maximum absolute atomic E-state index is 13.2. The summed E-state index contributed by atoms with van der Waals surface area (Å²) in [6.45, 7) is 0.634. The molecule has 33 heavy (non-hydrogen) atoms. The first-order chi connectivity index (χ1) is 15.7. The second kappa shape index (κ2) is 8.78. The number of anilines is 2. The van der Waals surface area contributed by atoms with Crippen molar-refractivity contribution >= 4 is 38.1 Å². The number of hydrogen-bond acceptors (Lipinski definition) is 9. The lowest BCUT2D eigenvalue weighted by Crippen LogP contribution is -2.15. The van der Waals surface area contributed by atoms with E-state index in [9.17, 15) is 22.9 Å². The summed E-state index contributed by atoms with van der Waals surface area (Å²) >= 11 is 0. The highest BCUT2D eigenvalue weighted by Crippen LogP contribution is 2.27. The minimum atomic E-state index is -3.56. The number of nitrogens with zero attached hydrogens (tertiary/aromatic N) is 5. The number of nitrogens with one attached hydrogen (secondary N) is 2. The number of aromatic nitrogens is 4. The van der Waals surface area contributed by atoms with Gasteiger partial charge in [0, 0.05) is 25.4 Å². The molecule has 0 spiro atoms. The van der Waals surface area contributed by atoms with Crippen LogP contribution >= 0.6 is 0 Å². The fraction of sp³-hybridized carbons (Fsp3) is 0.150. The zero-order chi connectivity index (χ0) is 23.6. The number of nitro benzene ring substituents is 1. The molecule has 0 unspecified atom stereocenters. The third-order valence-corrected chi connectivity index (χ3v) is 5.87. The Kier molecular flexibility index (Phi) is 5.87. The summed E-state index contributed by atoms with van der Waals surface area (Å²) in [4.78, 5) is 19.1. The summed E-state index contributed by atoms with van der Waals surface area (Å²) in [6, 6.07) is 9.54. The molecule has 4 rings (SSSR count). The van der Waals surface area contributed by atoms with E-state index in [1.807, 2.05) is 0 Å². The summed E-state index contributed by atoms with van der Waals surface area (Å²) in [7, 11) is -3.56. The number of halogens is 1. The molecule has 4 aromatic rings. The van der Waals surface area contributed by atoms with Crippen molar-refractivity contribution < 1.29 is 17.7 Å². The lowest BCUT2D eigenvalue weighted by Gasteiger charge is -2.10. The Bertz CT molecular complexity index is 1440. The van der Waals surface area contributed by atoms with Gasteiger partial charge in [-0.15, -0.1) is 0 Å². The zero-order valence-corrected chi connectivity index (χ0v) is 18.1. The Morgan fingerprint density at radius 3 is 2.52 bits per heavy atom. The minimum absolute atomic E-state index is 0.126. The molecule has 2 heterocycles. The number of sulfone groups is 1. The Hall–Kier alpha value is -4.13. The first-order valence-corrected chi connectivity index (χ1v) is 11.5. The molecule has 13 heteroatoms. The van der Waals surface area contributed by atoms with Crippen LogP contribution in [-0.4, -0.2) is 52.4 Å². The largest absolute Gasteiger partial charge is 0.378 e. The standard InChI is InChI=1S/C20H18FN7O4S/c1-33(31,32)15-6-7-17(18(10-15)28(29)30)22-8-9-23-19-16-11-26-27(20(16)25-12-24-19)14-4-2-13(21)3-5-14/h2-7,10-12,22H,8-9H2,1H3,(H,23,24,25). The number of rotatable bonds is 8. The zero-order valence-electron chi connectivity index (χ0n) is 17.3. The summed E-state index contributed by atoms with van der Waals surface area (Å²) in [6.07, 6.45) is 3.95. The number of benzene rings is 2. The summed E-state index contributed by atoms with van der Waals surface area (Å²) < 4.78 is 38.1. The van der Waals surface area contributed by atoms with Crippen molar-refractivity contribution in [1.29, 1.82) is 0 Å². The minimum Gasteiger partial charge on any atom is -0.378 e. The van der Waals surface area contributed by atoms with Gasteiger partial charge >= 0.3 is 0 Å². The highest BCUT2D eigenvalue weighted by Gasteiger charge is 2.18. The van der Waals surface area contributed by atoms with Crippen molar-refractivity contribution in [3.63, 3.8) is 0 Å². The number of hydrogen-bond donors (Lipinski definition) is 2. The maximum Gasteiger partial charge on any atom is 0.293 e. The molecule has 2 N–H and O–H groups in total. The Balaban J connectivity index is 1.47. The van der Waals surface area contributed by atoms with E-state index < -0.39 is 14.8 Å². The lowest BCUT2D eigenvalue weighted by molar-refractivity contribution is -0.384. The average molecular weight is 471 g/mol. The van der Waals surface area contributed by atoms with E-state index in [-0.39, 0.29) is 28.6 Å². The van der Waals surface area contributed by atoms with Crippen LogP contribution in [0.4, 0.5) is 21.6 Å². The van der Waals surface area contributed by atoms with Gasteiger partial charge in [0.25, 0.3) is 5.69 Å². The van der Waals surface area contributed by atoms with E-state index in [0.29, 0.717) is 29.1 Å². The first-order valence-electron chi connectivity index (χ1n) is 9.65. The van der Waals surface area contributed by atoms with Crippen molar-refractivity contribution in [3.8, 4) is 5.69 Å². The average Bonchev–Trinajstić information content (AvgIpc) is 3.21. The van der Waals surface area contributed by atoms with Crippen LogP contribution in [0.2, 0.25) is 0 Å². The van der Waals surface area contributed by atoms with Gasteiger partial charge in [-0.1, -0.05) is 0 Å². The second-order valence-corrected chi connectivity index (χ2v) is 9.07. The van der Waals surface area contributed by atoms with Crippen LogP contribution in [0, 0.1) is 15.9 Å². The van der Waals surface area contributed by atoms with Gasteiger partial charge < -0.3 is 10.6 Å². The van der Waals surface area contributed by atoms with Gasteiger partial charge in [0.1, 0.15) is 23.6 Å². The van der Waals surface area contributed by atoms with E-state index >= 15 is 0 Å². The van der Waals surface area contributed by atoms with Gasteiger partial charge in [0.15, 0.2) is 15.5 Å². The quantitative estimate of drug-likeness (QED) is 0.225. The molecule has 0 aliphatic rings. The maximum atomic E-state index is 13.2. The molecule has 2 aromatic heterocycles. The molecule has 0 fully saturated rings. The SMILES string of the molecule is CS(=O)(=O)c1ccc(NCCNc2ncnc3c2cnn3-c2ccc(F)cc2)c([N+](=O)[O-])c1. The summed E-state index contributed by atoms with van der Waals surface area (Å²) in [5.74, 6) is 0.156. The lowest BCUT2D eigenvalue weighted by atomic mass is 10.2. The van der Waals surface area contributed by atoms with Crippen LogP contribution < -0.4 is 10.6 Å². The van der Waals surface area contributed by atoms with Crippen molar-refractivity contribution in [2.75, 3.05) is 30.0 Å². The van der Waals surface area contributed by atoms with Crippen LogP contribution in [0.15, 0.2) is 59.9 Å². The number of nitro groups is 1. The van der Waals surface area contributed by atoms with Crippen molar-refractivity contribution in [2.24, 2.45) is 0 Å². The molecule has 0 amide bonds. The topological polar surface area (TPSA) is 145 Å². The fourth-order valence-corrected chi connectivity index (χ4v) is 3.82. The molecular weight excluding hydrogens is 453 g/mol. The van der Waals surface area contributed by atoms with Crippen molar-refractivity contribution in [2.45, 2.75) is 4.90 Å². The first kappa shape index (κ1) is 22.1. The smallest absolute Gasteiger partial charge is 0.293 e. The van der Waals surface area contributed by atoms with Gasteiger partial charge in [-0.25, -0.2) is 27.5 Å². The van der Waals surface area contributed by atoms with Crippen molar-refractivity contribution in [1.82, 2.24) is 19.7 Å². The molecule has 0 saturated heterocycles. The number of fused-ring (bicyclic) bond motifs is 1. The van der Waals surface area contributed by atoms with Gasteiger partial charge in [-0.05, 0) is 36.4 Å². The molecule has 170 valence electrons. The van der Waals surface area contributed by atoms with E-state index in [4.69, 9.17) is 0 Å². The fourth-order valence-electron chi connectivity index (χ4n) is 3.18. The van der Waals surface area contributed by atoms with Crippen LogP contribution in [0.25, 0.3) is 16.7 Å². The Labute approximate surface area is 187 Å². The van der Waals surface area contributed by atoms with E-state index in [2.05, 4.69) is 25.7 Å². The molecule has 11 nitrogen and oxygen atoms in total. The molecule has 0 bridgehead atoms. The highest BCUT2D eigenvalue weighted by molar-refractivity contribution is 7.90. The van der Waals surface area contributed by atoms with Crippen LogP contribution in [0.3, 0.4) is 0 Å². The van der Waals surface area contributed by atoms with Gasteiger partial charge in [-0.3, -0.25) is 10.1 Å². The third-order valence-electron chi connectivity index (χ3n) is 4.76. The molecule has 0 radical (unpaired) electrons. The summed E-state index contributed by atoms with van der Waals surface area (Å²) in [5.41, 5.74) is 1.04. The summed E-state index contributed by atoms with van der Waals surface area (Å²) in [5, 5.41) is 22.3. The predicted molar refractivity (Wildman–Crippen MR) is 120 cm³/mol. The van der Waals surface area contributed by atoms with Gasteiger partial charge in [0.05, 0.1) is 27.1 Å². The predicted octanol–water partition coefficient (Wildman–Crippen LogP) is 2.79. The molecule has 2 aromatic carbocycles. The Morgan fingerprint density at radius 2 is 1.82 bits per heavy atom. The molecular formula is C20H18FN7O4S. The van der Waals surface area contributed by atoms with Crippen molar-refractivity contribution in [3.05, 3.63) is 70.9 Å². The Morgan fingerprint density at radius 1 is 1.09 bits per heavy atom. The third kappa shape index (κ3) is 4.72. The molecule has 0 aliphatic carbocycles. The molecule has 0 aliphatic heterocycles. The van der Waals surface area contributed by atoms with Crippen LogP contribution in [-0.2, 0) is 9.84 Å². The van der Waals surface area contributed by atoms with Crippen LogP contribution in [0.5, 0.6) is 0 Å². The van der Waals surface area contributed by atoms with E-state index in [1.165, 1.54) is 30.6 Å². The van der Waals surface area contributed by atoms with E-state index in [1.54, 1.807) is 23.0 Å². The van der Waals surface area contributed by atoms with Crippen LogP contribution in [0.1, 0.15) is 0 Å². The van der Waals surface area contributed by atoms with E-state index in [0.717, 1.165) is 12.3 Å². The second-order valence-electron chi connectivity index (χ2n) is 7.05. The normalized spacial score (nSPS) is 11.5. The molecule has 0 atom stereocenters. The van der Waals surface area contributed by atoms with Gasteiger partial charge in [0.2, 0.25) is 0 Å². The van der Waals surface area contributed by atoms with Gasteiger partial charge in [-0.2, -0.15) is 5.10 Å². The monoisotopic (exact) mass is 471 g/mol. The molecule has 0 saturated carbocycles. The highest BCUT2D eigenvalue weighted by atomic mass is 32.2.